The second-order valence-electron chi connectivity index (χ2n) is 7.68. The molecule has 2 fully saturated rings. The van der Waals surface area contributed by atoms with Crippen molar-refractivity contribution in [1.82, 2.24) is 30.1 Å². The first kappa shape index (κ1) is 17.9. The number of carbonyl (C=O) groups is 1. The van der Waals surface area contributed by atoms with Crippen molar-refractivity contribution in [3.8, 4) is 0 Å². The van der Waals surface area contributed by atoms with Crippen LogP contribution in [0.5, 0.6) is 0 Å². The molecule has 0 spiro atoms. The van der Waals surface area contributed by atoms with Gasteiger partial charge in [0.2, 0.25) is 5.95 Å². The summed E-state index contributed by atoms with van der Waals surface area (Å²) in [7, 11) is 1.60. The molecule has 3 aromatic rings. The van der Waals surface area contributed by atoms with Gasteiger partial charge < -0.3 is 20.6 Å². The van der Waals surface area contributed by atoms with E-state index in [9.17, 15) is 9.90 Å². The van der Waals surface area contributed by atoms with Crippen LogP contribution in [0, 0.1) is 0 Å². The minimum atomic E-state index is -0.187. The third-order valence-corrected chi connectivity index (χ3v) is 5.65. The molecular weight excluding hydrogens is 372 g/mol. The molecule has 0 radical (unpaired) electrons. The predicted octanol–water partition coefficient (Wildman–Crippen LogP) is 1.39. The fourth-order valence-electron chi connectivity index (χ4n) is 3.88. The third kappa shape index (κ3) is 3.29. The number of rotatable bonds is 6. The molecule has 1 amide bonds. The summed E-state index contributed by atoms with van der Waals surface area (Å²) in [5, 5.41) is 27.7. The molecule has 10 nitrogen and oxygen atoms in total. The van der Waals surface area contributed by atoms with E-state index in [2.05, 4.69) is 25.9 Å². The lowest BCUT2D eigenvalue weighted by molar-refractivity contribution is 0.0963. The molecule has 1 aliphatic heterocycles. The number of nitrogens with zero attached hydrogens (tertiary/aromatic N) is 5. The van der Waals surface area contributed by atoms with E-state index >= 15 is 0 Å². The first-order valence-electron chi connectivity index (χ1n) is 9.98. The highest BCUT2D eigenvalue weighted by molar-refractivity contribution is 5.96. The fraction of sp³-hybridized carbons (Fsp3) is 0.474. The molecule has 4 N–H and O–H groups in total. The minimum absolute atomic E-state index is 0.00104. The maximum absolute atomic E-state index is 12.1. The summed E-state index contributed by atoms with van der Waals surface area (Å²) >= 11 is 0. The van der Waals surface area contributed by atoms with E-state index in [-0.39, 0.29) is 18.6 Å². The van der Waals surface area contributed by atoms with Gasteiger partial charge in [-0.3, -0.25) is 9.89 Å². The summed E-state index contributed by atoms with van der Waals surface area (Å²) in [6.45, 7) is 0.845. The average molecular weight is 396 g/mol. The second kappa shape index (κ2) is 7.03. The van der Waals surface area contributed by atoms with Crippen LogP contribution in [0.1, 0.15) is 47.7 Å². The zero-order valence-corrected chi connectivity index (χ0v) is 16.2. The number of hydrogen-bond donors (Lipinski definition) is 4. The molecule has 1 saturated carbocycles. The molecular formula is C19H24N8O2. The van der Waals surface area contributed by atoms with Crippen molar-refractivity contribution < 1.29 is 9.90 Å². The summed E-state index contributed by atoms with van der Waals surface area (Å²) in [5.41, 5.74) is 2.31. The first-order chi connectivity index (χ1) is 14.2. The van der Waals surface area contributed by atoms with Gasteiger partial charge in [-0.25, -0.2) is 4.52 Å². The van der Waals surface area contributed by atoms with Crippen molar-refractivity contribution in [1.29, 1.82) is 0 Å². The Kier molecular flexibility index (Phi) is 4.35. The van der Waals surface area contributed by atoms with E-state index in [1.807, 2.05) is 11.0 Å². The lowest BCUT2D eigenvalue weighted by atomic mass is 10.2. The van der Waals surface area contributed by atoms with Crippen molar-refractivity contribution >= 4 is 29.0 Å². The molecule has 1 saturated heterocycles. The SMILES string of the molecule is CNC(=O)c1cc2c(Nc3cc(C4CC4)[nH]n3)nc(N3CCC[C@@H]3CO)nn2c1. The smallest absolute Gasteiger partial charge is 0.252 e. The van der Waals surface area contributed by atoms with Crippen molar-refractivity contribution in [2.24, 2.45) is 0 Å². The zero-order valence-electron chi connectivity index (χ0n) is 16.2. The van der Waals surface area contributed by atoms with E-state index < -0.39 is 0 Å². The molecule has 2 aliphatic rings. The molecule has 0 aromatic carbocycles. The topological polar surface area (TPSA) is 123 Å². The molecule has 0 bridgehead atoms. The highest BCUT2D eigenvalue weighted by atomic mass is 16.3. The fourth-order valence-corrected chi connectivity index (χ4v) is 3.88. The Balaban J connectivity index is 1.56. The van der Waals surface area contributed by atoms with Crippen molar-refractivity contribution in [3.63, 3.8) is 0 Å². The van der Waals surface area contributed by atoms with E-state index in [0.29, 0.717) is 34.6 Å². The van der Waals surface area contributed by atoms with E-state index in [4.69, 9.17) is 4.98 Å². The number of anilines is 3. The van der Waals surface area contributed by atoms with Crippen LogP contribution in [-0.2, 0) is 0 Å². The Morgan fingerprint density at radius 1 is 1.34 bits per heavy atom. The molecule has 4 heterocycles. The molecule has 10 heteroatoms. The van der Waals surface area contributed by atoms with Gasteiger partial charge >= 0.3 is 0 Å². The van der Waals surface area contributed by atoms with Crippen LogP contribution >= 0.6 is 0 Å². The van der Waals surface area contributed by atoms with Crippen LogP contribution in [0.2, 0.25) is 0 Å². The van der Waals surface area contributed by atoms with Gasteiger partial charge in [0.05, 0.1) is 18.2 Å². The van der Waals surface area contributed by atoms with Crippen molar-refractivity contribution in [3.05, 3.63) is 29.6 Å². The van der Waals surface area contributed by atoms with E-state index in [0.717, 1.165) is 25.1 Å². The summed E-state index contributed by atoms with van der Waals surface area (Å²) in [6.07, 6.45) is 5.95. The number of fused-ring (bicyclic) bond motifs is 1. The molecule has 1 aliphatic carbocycles. The Morgan fingerprint density at radius 2 is 2.21 bits per heavy atom. The van der Waals surface area contributed by atoms with Gasteiger partial charge in [0, 0.05) is 37.5 Å². The Bertz CT molecular complexity index is 1050. The zero-order chi connectivity index (χ0) is 20.0. The summed E-state index contributed by atoms with van der Waals surface area (Å²) in [5.74, 6) is 2.16. The maximum atomic E-state index is 12.1. The van der Waals surface area contributed by atoms with Gasteiger partial charge in [-0.2, -0.15) is 10.1 Å². The standard InChI is InChI=1S/C19H24N8O2/c1-20-18(29)12-7-15-17(21-16-8-14(23-24-16)11-4-5-11)22-19(25-27(15)9-12)26-6-2-3-13(26)10-28/h7-9,11,13,28H,2-6,10H2,1H3,(H,20,29)(H2,21,22,23,24,25)/t13-/m1/s1. The van der Waals surface area contributed by atoms with Crippen LogP contribution in [-0.4, -0.2) is 62.1 Å². The molecule has 5 rings (SSSR count). The number of aliphatic hydroxyl groups is 1. The van der Waals surface area contributed by atoms with Crippen LogP contribution in [0.3, 0.4) is 0 Å². The van der Waals surface area contributed by atoms with Gasteiger partial charge in [-0.05, 0) is 31.7 Å². The Morgan fingerprint density at radius 3 is 2.97 bits per heavy atom. The molecule has 0 unspecified atom stereocenters. The largest absolute Gasteiger partial charge is 0.394 e. The van der Waals surface area contributed by atoms with Crippen molar-refractivity contribution in [2.75, 3.05) is 30.4 Å². The van der Waals surface area contributed by atoms with Gasteiger partial charge in [-0.1, -0.05) is 0 Å². The minimum Gasteiger partial charge on any atom is -0.394 e. The van der Waals surface area contributed by atoms with E-state index in [1.165, 1.54) is 12.8 Å². The summed E-state index contributed by atoms with van der Waals surface area (Å²) in [6, 6.07) is 3.76. The number of hydrogen-bond acceptors (Lipinski definition) is 7. The molecule has 3 aromatic heterocycles. The van der Waals surface area contributed by atoms with Crippen molar-refractivity contribution in [2.45, 2.75) is 37.6 Å². The highest BCUT2D eigenvalue weighted by Crippen LogP contribution is 2.39. The number of H-pyrrole nitrogens is 1. The first-order valence-corrected chi connectivity index (χ1v) is 9.98. The lowest BCUT2D eigenvalue weighted by Gasteiger charge is -2.23. The van der Waals surface area contributed by atoms with E-state index in [1.54, 1.807) is 23.8 Å². The maximum Gasteiger partial charge on any atom is 0.252 e. The van der Waals surface area contributed by atoms with Crippen LogP contribution in [0.15, 0.2) is 18.3 Å². The highest BCUT2D eigenvalue weighted by Gasteiger charge is 2.28. The van der Waals surface area contributed by atoms with Gasteiger partial charge in [0.15, 0.2) is 11.6 Å². The summed E-state index contributed by atoms with van der Waals surface area (Å²) < 4.78 is 1.66. The normalized spacial score (nSPS) is 19.1. The molecule has 29 heavy (non-hydrogen) atoms. The monoisotopic (exact) mass is 396 g/mol. The van der Waals surface area contributed by atoms with Gasteiger partial charge in [0.1, 0.15) is 5.52 Å². The average Bonchev–Trinajstić information content (AvgIpc) is 3.13. The van der Waals surface area contributed by atoms with Crippen LogP contribution < -0.4 is 15.5 Å². The Labute approximate surface area is 167 Å². The third-order valence-electron chi connectivity index (χ3n) is 5.65. The van der Waals surface area contributed by atoms with Crippen LogP contribution in [0.25, 0.3) is 5.52 Å². The number of aromatic nitrogens is 5. The number of aliphatic hydroxyl groups excluding tert-OH is 1. The number of carbonyl (C=O) groups excluding carboxylic acids is 1. The molecule has 152 valence electrons. The number of nitrogens with one attached hydrogen (secondary N) is 3. The van der Waals surface area contributed by atoms with Crippen LogP contribution in [0.4, 0.5) is 17.6 Å². The molecule has 1 atom stereocenters. The summed E-state index contributed by atoms with van der Waals surface area (Å²) in [4.78, 5) is 18.9. The lowest BCUT2D eigenvalue weighted by Crippen LogP contribution is -2.34. The van der Waals surface area contributed by atoms with Gasteiger partial charge in [-0.15, -0.1) is 5.10 Å². The Hall–Kier alpha value is -3.14. The number of aromatic amines is 1. The quantitative estimate of drug-likeness (QED) is 0.496. The number of amides is 1. The predicted molar refractivity (Wildman–Crippen MR) is 108 cm³/mol. The van der Waals surface area contributed by atoms with Gasteiger partial charge in [0.25, 0.3) is 5.91 Å². The second-order valence-corrected chi connectivity index (χ2v) is 7.68.